The van der Waals surface area contributed by atoms with Crippen molar-refractivity contribution in [1.82, 2.24) is 9.88 Å². The van der Waals surface area contributed by atoms with E-state index in [1.165, 1.54) is 6.07 Å². The molecule has 2 rings (SSSR count). The van der Waals surface area contributed by atoms with E-state index < -0.39 is 26.3 Å². The summed E-state index contributed by atoms with van der Waals surface area (Å²) in [4.78, 5) is 17.7. The molecule has 9 heteroatoms. The number of piperidine rings is 1. The third-order valence-electron chi connectivity index (χ3n) is 4.84. The van der Waals surface area contributed by atoms with Gasteiger partial charge in [-0.2, -0.15) is 13.2 Å². The number of hydrogen-bond donors (Lipinski definition) is 0. The fourth-order valence-corrected chi connectivity index (χ4v) is 4.33. The fraction of sp³-hybridized carbons (Fsp3) is 0.667. The van der Waals surface area contributed by atoms with Crippen LogP contribution in [-0.4, -0.2) is 47.8 Å². The molecule has 1 aliphatic heterocycles. The molecule has 1 amide bonds. The van der Waals surface area contributed by atoms with Crippen LogP contribution in [0.15, 0.2) is 18.3 Å². The predicted molar refractivity (Wildman–Crippen MR) is 95.8 cm³/mol. The Kier molecular flexibility index (Phi) is 6.23. The van der Waals surface area contributed by atoms with Crippen molar-refractivity contribution in [3.05, 3.63) is 29.6 Å². The topological polar surface area (TPSA) is 67.3 Å². The quantitative estimate of drug-likeness (QED) is 0.771. The SMILES string of the molecule is CC(C)(C)S(=O)(=O)CC1CCN(C(=O)Cc2ccc(C(F)(F)F)cn2)CC1. The first-order chi connectivity index (χ1) is 12.3. The van der Waals surface area contributed by atoms with Gasteiger partial charge in [0.1, 0.15) is 0 Å². The highest BCUT2D eigenvalue weighted by molar-refractivity contribution is 7.92. The first-order valence-electron chi connectivity index (χ1n) is 8.82. The number of aromatic nitrogens is 1. The smallest absolute Gasteiger partial charge is 0.342 e. The number of hydrogen-bond acceptors (Lipinski definition) is 4. The second kappa shape index (κ2) is 7.77. The van der Waals surface area contributed by atoms with Crippen LogP contribution in [0.1, 0.15) is 44.9 Å². The van der Waals surface area contributed by atoms with E-state index in [2.05, 4.69) is 4.98 Å². The van der Waals surface area contributed by atoms with Crippen LogP contribution in [0, 0.1) is 5.92 Å². The molecule has 0 saturated carbocycles. The highest BCUT2D eigenvalue weighted by Crippen LogP contribution is 2.28. The van der Waals surface area contributed by atoms with Gasteiger partial charge in [-0.05, 0) is 51.7 Å². The van der Waals surface area contributed by atoms with Crippen molar-refractivity contribution in [1.29, 1.82) is 0 Å². The summed E-state index contributed by atoms with van der Waals surface area (Å²) in [6.45, 7) is 5.93. The lowest BCUT2D eigenvalue weighted by molar-refractivity contribution is -0.137. The van der Waals surface area contributed by atoms with E-state index in [1.807, 2.05) is 0 Å². The highest BCUT2D eigenvalue weighted by Gasteiger charge is 2.34. The largest absolute Gasteiger partial charge is 0.417 e. The number of carbonyl (C=O) groups excluding carboxylic acids is 1. The van der Waals surface area contributed by atoms with E-state index in [0.29, 0.717) is 25.9 Å². The van der Waals surface area contributed by atoms with Crippen LogP contribution in [0.3, 0.4) is 0 Å². The van der Waals surface area contributed by atoms with E-state index >= 15 is 0 Å². The molecule has 5 nitrogen and oxygen atoms in total. The van der Waals surface area contributed by atoms with E-state index in [9.17, 15) is 26.4 Å². The van der Waals surface area contributed by atoms with Gasteiger partial charge in [0.2, 0.25) is 5.91 Å². The number of nitrogens with zero attached hydrogens (tertiary/aromatic N) is 2. The lowest BCUT2D eigenvalue weighted by Gasteiger charge is -2.33. The monoisotopic (exact) mass is 406 g/mol. The minimum absolute atomic E-state index is 0.0162. The van der Waals surface area contributed by atoms with Gasteiger partial charge in [-0.3, -0.25) is 9.78 Å². The zero-order valence-electron chi connectivity index (χ0n) is 15.7. The lowest BCUT2D eigenvalue weighted by Crippen LogP contribution is -2.42. The standard InChI is InChI=1S/C18H25F3N2O3S/c1-17(2,3)27(25,26)12-13-6-8-23(9-7-13)16(24)10-15-5-4-14(11-22-15)18(19,20)21/h4-5,11,13H,6-10,12H2,1-3H3. The third-order valence-corrected chi connectivity index (χ3v) is 7.62. The summed E-state index contributed by atoms with van der Waals surface area (Å²) in [5.74, 6) is -0.0826. The summed E-state index contributed by atoms with van der Waals surface area (Å²) in [5.41, 5.74) is -0.565. The number of halogens is 3. The van der Waals surface area contributed by atoms with Gasteiger partial charge in [-0.15, -0.1) is 0 Å². The molecule has 0 atom stereocenters. The molecule has 2 heterocycles. The molecule has 1 aromatic rings. The Bertz CT molecular complexity index is 761. The number of rotatable bonds is 4. The molecule has 1 aromatic heterocycles. The molecule has 27 heavy (non-hydrogen) atoms. The molecule has 0 unspecified atom stereocenters. The van der Waals surface area contributed by atoms with Crippen LogP contribution < -0.4 is 0 Å². The summed E-state index contributed by atoms with van der Waals surface area (Å²) in [5, 5.41) is 0. The van der Waals surface area contributed by atoms with E-state index in [-0.39, 0.29) is 29.7 Å². The average molecular weight is 406 g/mol. The van der Waals surface area contributed by atoms with Crippen molar-refractivity contribution >= 4 is 15.7 Å². The van der Waals surface area contributed by atoms with Crippen molar-refractivity contribution in [2.24, 2.45) is 5.92 Å². The van der Waals surface area contributed by atoms with E-state index in [4.69, 9.17) is 0 Å². The average Bonchev–Trinajstić information content (AvgIpc) is 2.53. The molecular formula is C18H25F3N2O3S. The zero-order chi connectivity index (χ0) is 20.5. The Morgan fingerprint density at radius 3 is 2.22 bits per heavy atom. The van der Waals surface area contributed by atoms with Crippen LogP contribution in [0.4, 0.5) is 13.2 Å². The van der Waals surface area contributed by atoms with E-state index in [0.717, 1.165) is 12.3 Å². The molecule has 1 aliphatic rings. The van der Waals surface area contributed by atoms with E-state index in [1.54, 1.807) is 25.7 Å². The Morgan fingerprint density at radius 1 is 1.19 bits per heavy atom. The predicted octanol–water partition coefficient (Wildman–Crippen LogP) is 3.09. The van der Waals surface area contributed by atoms with Gasteiger partial charge < -0.3 is 4.90 Å². The summed E-state index contributed by atoms with van der Waals surface area (Å²) in [7, 11) is -3.21. The van der Waals surface area contributed by atoms with Gasteiger partial charge in [0.25, 0.3) is 0 Å². The molecule has 0 radical (unpaired) electrons. The second-order valence-electron chi connectivity index (χ2n) is 7.93. The van der Waals surface area contributed by atoms with Gasteiger partial charge >= 0.3 is 6.18 Å². The molecule has 0 bridgehead atoms. The summed E-state index contributed by atoms with van der Waals surface area (Å²) < 4.78 is 61.4. The van der Waals surface area contributed by atoms with Gasteiger partial charge in [0, 0.05) is 25.0 Å². The summed E-state index contributed by atoms with van der Waals surface area (Å²) in [6, 6.07) is 2.13. The first-order valence-corrected chi connectivity index (χ1v) is 10.5. The van der Waals surface area contributed by atoms with Crippen molar-refractivity contribution < 1.29 is 26.4 Å². The minimum atomic E-state index is -4.45. The number of pyridine rings is 1. The Labute approximate surface area is 157 Å². The molecule has 1 saturated heterocycles. The summed E-state index contributed by atoms with van der Waals surface area (Å²) in [6.07, 6.45) is -2.59. The summed E-state index contributed by atoms with van der Waals surface area (Å²) >= 11 is 0. The molecule has 1 fully saturated rings. The maximum atomic E-state index is 12.5. The number of alkyl halides is 3. The Balaban J connectivity index is 1.88. The number of carbonyl (C=O) groups is 1. The van der Waals surface area contributed by atoms with Crippen molar-refractivity contribution in [3.8, 4) is 0 Å². The van der Waals surface area contributed by atoms with Crippen LogP contribution in [-0.2, 0) is 27.2 Å². The second-order valence-corrected chi connectivity index (χ2v) is 10.7. The molecular weight excluding hydrogens is 381 g/mol. The van der Waals surface area contributed by atoms with Gasteiger partial charge in [0.15, 0.2) is 9.84 Å². The van der Waals surface area contributed by atoms with Crippen molar-refractivity contribution in [2.75, 3.05) is 18.8 Å². The Hall–Kier alpha value is -1.64. The fourth-order valence-electron chi connectivity index (χ4n) is 2.87. The number of likely N-dealkylation sites (tertiary alicyclic amines) is 1. The maximum Gasteiger partial charge on any atom is 0.417 e. The normalized spacial score (nSPS) is 17.2. The zero-order valence-corrected chi connectivity index (χ0v) is 16.5. The number of amides is 1. The number of sulfone groups is 1. The molecule has 152 valence electrons. The Morgan fingerprint density at radius 2 is 1.78 bits per heavy atom. The van der Waals surface area contributed by atoms with Crippen LogP contribution in [0.25, 0.3) is 0 Å². The maximum absolute atomic E-state index is 12.5. The highest BCUT2D eigenvalue weighted by atomic mass is 32.2. The molecule has 0 aliphatic carbocycles. The molecule has 0 spiro atoms. The van der Waals surface area contributed by atoms with Crippen LogP contribution in [0.5, 0.6) is 0 Å². The van der Waals surface area contributed by atoms with Crippen LogP contribution >= 0.6 is 0 Å². The van der Waals surface area contributed by atoms with Crippen LogP contribution in [0.2, 0.25) is 0 Å². The molecule has 0 N–H and O–H groups in total. The lowest BCUT2D eigenvalue weighted by atomic mass is 9.98. The molecule has 0 aromatic carbocycles. The van der Waals surface area contributed by atoms with Gasteiger partial charge in [-0.25, -0.2) is 8.42 Å². The third kappa shape index (κ3) is 5.67. The van der Waals surface area contributed by atoms with Crippen molar-refractivity contribution in [3.63, 3.8) is 0 Å². The van der Waals surface area contributed by atoms with Crippen molar-refractivity contribution in [2.45, 2.75) is 51.0 Å². The van der Waals surface area contributed by atoms with Gasteiger partial charge in [0.05, 0.1) is 22.5 Å². The van der Waals surface area contributed by atoms with Gasteiger partial charge in [-0.1, -0.05) is 0 Å². The first kappa shape index (κ1) is 21.7. The minimum Gasteiger partial charge on any atom is -0.342 e.